The zero-order valence-corrected chi connectivity index (χ0v) is 15.1. The molecule has 0 saturated heterocycles. The van der Waals surface area contributed by atoms with Gasteiger partial charge in [-0.3, -0.25) is 9.20 Å². The molecule has 1 atom stereocenters. The summed E-state index contributed by atoms with van der Waals surface area (Å²) in [6.45, 7) is 1.81. The number of nitrogens with one attached hydrogen (secondary N) is 1. The molecule has 0 saturated carbocycles. The van der Waals surface area contributed by atoms with Gasteiger partial charge in [-0.25, -0.2) is 4.39 Å². The zero-order chi connectivity index (χ0) is 19.8. The van der Waals surface area contributed by atoms with E-state index in [4.69, 9.17) is 0 Å². The van der Waals surface area contributed by atoms with Crippen LogP contribution in [0, 0.1) is 24.1 Å². The molecule has 0 fully saturated rings. The number of rotatable bonds is 4. The van der Waals surface area contributed by atoms with Crippen molar-refractivity contribution in [3.8, 4) is 6.07 Å². The summed E-state index contributed by atoms with van der Waals surface area (Å²) in [6, 6.07) is 16.6. The summed E-state index contributed by atoms with van der Waals surface area (Å²) in [5.74, 6) is -0.365. The summed E-state index contributed by atoms with van der Waals surface area (Å²) in [5, 5.41) is 23.1. The lowest BCUT2D eigenvalue weighted by Crippen LogP contribution is -2.25. The van der Waals surface area contributed by atoms with Gasteiger partial charge in [0.25, 0.3) is 5.56 Å². The highest BCUT2D eigenvalue weighted by molar-refractivity contribution is 5.84. The van der Waals surface area contributed by atoms with Gasteiger partial charge in [-0.15, -0.1) is 0 Å². The number of anilines is 1. The van der Waals surface area contributed by atoms with Gasteiger partial charge in [0.1, 0.15) is 23.8 Å². The molecule has 0 unspecified atom stereocenters. The van der Waals surface area contributed by atoms with Crippen molar-refractivity contribution in [1.29, 1.82) is 5.26 Å². The van der Waals surface area contributed by atoms with E-state index < -0.39 is 6.23 Å². The Morgan fingerprint density at radius 1 is 1.18 bits per heavy atom. The van der Waals surface area contributed by atoms with E-state index in [2.05, 4.69) is 11.4 Å². The lowest BCUT2D eigenvalue weighted by Gasteiger charge is -2.17. The minimum atomic E-state index is -1.02. The van der Waals surface area contributed by atoms with Crippen LogP contribution in [0.1, 0.15) is 11.1 Å². The topological polar surface area (TPSA) is 82.5 Å². The SMILES string of the molecule is Cc1cc(=O)n2c3ccccc3n(C[C@H](O)Nc3ccc(F)cc3)c2c1C#N. The molecule has 2 N–H and O–H groups in total. The first kappa shape index (κ1) is 17.8. The van der Waals surface area contributed by atoms with Gasteiger partial charge in [-0.1, -0.05) is 12.1 Å². The smallest absolute Gasteiger partial charge is 0.257 e. The molecule has 0 amide bonds. The van der Waals surface area contributed by atoms with Crippen LogP contribution < -0.4 is 10.9 Å². The van der Waals surface area contributed by atoms with E-state index in [1.807, 2.05) is 18.2 Å². The Hall–Kier alpha value is -3.63. The number of aliphatic hydroxyl groups is 1. The van der Waals surface area contributed by atoms with Crippen LogP contribution in [0.5, 0.6) is 0 Å². The molecule has 0 aliphatic rings. The number of halogens is 1. The minimum Gasteiger partial charge on any atom is -0.372 e. The number of benzene rings is 2. The predicted molar refractivity (Wildman–Crippen MR) is 105 cm³/mol. The standard InChI is InChI=1S/C21H17FN4O2/c1-13-10-20(28)26-18-5-3-2-4-17(18)25(21(26)16(13)11-23)12-19(27)24-15-8-6-14(22)7-9-15/h2-10,19,24,27H,12H2,1H3/t19-/m0/s1. The number of para-hydroxylation sites is 2. The highest BCUT2D eigenvalue weighted by atomic mass is 19.1. The number of aryl methyl sites for hydroxylation is 1. The van der Waals surface area contributed by atoms with Crippen molar-refractivity contribution in [3.05, 3.63) is 81.9 Å². The number of aliphatic hydroxyl groups excluding tert-OH is 1. The predicted octanol–water partition coefficient (Wildman–Crippen LogP) is 3.00. The molecule has 2 heterocycles. The van der Waals surface area contributed by atoms with E-state index in [-0.39, 0.29) is 17.9 Å². The van der Waals surface area contributed by atoms with Gasteiger partial charge in [0.15, 0.2) is 0 Å². The van der Waals surface area contributed by atoms with Crippen LogP contribution in [0.25, 0.3) is 16.7 Å². The van der Waals surface area contributed by atoms with Crippen molar-refractivity contribution in [2.45, 2.75) is 19.7 Å². The van der Waals surface area contributed by atoms with E-state index in [9.17, 15) is 19.6 Å². The molecule has 6 nitrogen and oxygen atoms in total. The molecule has 140 valence electrons. The molecule has 4 rings (SSSR count). The third-order valence-electron chi connectivity index (χ3n) is 4.70. The average molecular weight is 376 g/mol. The van der Waals surface area contributed by atoms with Crippen molar-refractivity contribution in [2.75, 3.05) is 5.32 Å². The molecule has 4 aromatic rings. The number of nitrogens with zero attached hydrogens (tertiary/aromatic N) is 3. The number of fused-ring (bicyclic) bond motifs is 3. The summed E-state index contributed by atoms with van der Waals surface area (Å²) in [7, 11) is 0. The molecule has 0 bridgehead atoms. The highest BCUT2D eigenvalue weighted by Crippen LogP contribution is 2.24. The Labute approximate surface area is 159 Å². The van der Waals surface area contributed by atoms with E-state index in [1.54, 1.807) is 17.6 Å². The summed E-state index contributed by atoms with van der Waals surface area (Å²) in [4.78, 5) is 12.6. The van der Waals surface area contributed by atoms with Crippen LogP contribution in [-0.2, 0) is 6.54 Å². The summed E-state index contributed by atoms with van der Waals surface area (Å²) < 4.78 is 16.3. The van der Waals surface area contributed by atoms with Crippen LogP contribution in [0.3, 0.4) is 0 Å². The van der Waals surface area contributed by atoms with E-state index in [0.29, 0.717) is 28.0 Å². The Morgan fingerprint density at radius 3 is 2.54 bits per heavy atom. The van der Waals surface area contributed by atoms with Crippen molar-refractivity contribution in [1.82, 2.24) is 8.97 Å². The fourth-order valence-corrected chi connectivity index (χ4v) is 3.48. The fourth-order valence-electron chi connectivity index (χ4n) is 3.48. The van der Waals surface area contributed by atoms with Gasteiger partial charge in [-0.05, 0) is 48.9 Å². The van der Waals surface area contributed by atoms with E-state index in [1.165, 1.54) is 34.7 Å². The quantitative estimate of drug-likeness (QED) is 0.537. The van der Waals surface area contributed by atoms with Crippen molar-refractivity contribution in [2.24, 2.45) is 0 Å². The summed E-state index contributed by atoms with van der Waals surface area (Å²) in [5.41, 5.74) is 3.11. The summed E-state index contributed by atoms with van der Waals surface area (Å²) >= 11 is 0. The van der Waals surface area contributed by atoms with Crippen LogP contribution in [-0.4, -0.2) is 20.3 Å². The molecular formula is C21H17FN4O2. The average Bonchev–Trinajstić information content (AvgIpc) is 2.99. The van der Waals surface area contributed by atoms with Gasteiger partial charge in [-0.2, -0.15) is 5.26 Å². The maximum Gasteiger partial charge on any atom is 0.257 e. The monoisotopic (exact) mass is 376 g/mol. The molecule has 28 heavy (non-hydrogen) atoms. The van der Waals surface area contributed by atoms with Crippen LogP contribution >= 0.6 is 0 Å². The maximum atomic E-state index is 13.1. The number of imidazole rings is 1. The molecule has 2 aromatic carbocycles. The van der Waals surface area contributed by atoms with E-state index >= 15 is 0 Å². The van der Waals surface area contributed by atoms with Crippen molar-refractivity contribution in [3.63, 3.8) is 0 Å². The van der Waals surface area contributed by atoms with Gasteiger partial charge >= 0.3 is 0 Å². The molecule has 0 spiro atoms. The second kappa shape index (κ2) is 6.83. The van der Waals surface area contributed by atoms with Gasteiger partial charge in [0.05, 0.1) is 23.1 Å². The minimum absolute atomic E-state index is 0.0892. The normalized spacial score (nSPS) is 12.2. The Bertz CT molecular complexity index is 1280. The molecule has 2 aromatic heterocycles. The lowest BCUT2D eigenvalue weighted by molar-refractivity contribution is 0.185. The maximum absolute atomic E-state index is 13.1. The molecule has 0 aliphatic heterocycles. The van der Waals surface area contributed by atoms with Crippen LogP contribution in [0.4, 0.5) is 10.1 Å². The largest absolute Gasteiger partial charge is 0.372 e. The number of nitriles is 1. The third kappa shape index (κ3) is 2.90. The molecular weight excluding hydrogens is 359 g/mol. The highest BCUT2D eigenvalue weighted by Gasteiger charge is 2.19. The van der Waals surface area contributed by atoms with Crippen molar-refractivity contribution < 1.29 is 9.50 Å². The number of pyridine rings is 1. The molecule has 0 aliphatic carbocycles. The number of hydrogen-bond donors (Lipinski definition) is 2. The van der Waals surface area contributed by atoms with E-state index in [0.717, 1.165) is 5.52 Å². The fraction of sp³-hybridized carbons (Fsp3) is 0.143. The van der Waals surface area contributed by atoms with Gasteiger partial charge in [0.2, 0.25) is 0 Å². The first-order chi connectivity index (χ1) is 13.5. The molecule has 7 heteroatoms. The van der Waals surface area contributed by atoms with Gasteiger partial charge in [0, 0.05) is 11.8 Å². The zero-order valence-electron chi connectivity index (χ0n) is 15.1. The Morgan fingerprint density at radius 2 is 1.86 bits per heavy atom. The van der Waals surface area contributed by atoms with Gasteiger partial charge < -0.3 is 15.0 Å². The first-order valence-electron chi connectivity index (χ1n) is 8.73. The number of hydrogen-bond acceptors (Lipinski definition) is 4. The van der Waals surface area contributed by atoms with Crippen molar-refractivity contribution >= 4 is 22.4 Å². The second-order valence-corrected chi connectivity index (χ2v) is 6.58. The van der Waals surface area contributed by atoms with Crippen LogP contribution in [0.15, 0.2) is 59.4 Å². The Kier molecular flexibility index (Phi) is 4.34. The van der Waals surface area contributed by atoms with Crippen LogP contribution in [0.2, 0.25) is 0 Å². The number of aromatic nitrogens is 2. The second-order valence-electron chi connectivity index (χ2n) is 6.58. The lowest BCUT2D eigenvalue weighted by atomic mass is 10.1. The molecule has 0 radical (unpaired) electrons. The Balaban J connectivity index is 1.86. The first-order valence-corrected chi connectivity index (χ1v) is 8.73. The third-order valence-corrected chi connectivity index (χ3v) is 4.70. The summed E-state index contributed by atoms with van der Waals surface area (Å²) in [6.07, 6.45) is -1.02.